The molecule has 0 unspecified atom stereocenters. The van der Waals surface area contributed by atoms with Crippen molar-refractivity contribution in [2.75, 3.05) is 13.6 Å². The summed E-state index contributed by atoms with van der Waals surface area (Å²) >= 11 is 0. The quantitative estimate of drug-likeness (QED) is 0.843. The molecular weight excluding hydrogens is 248 g/mol. The Balaban J connectivity index is 2.32. The molecule has 100 valence electrons. The van der Waals surface area contributed by atoms with Gasteiger partial charge in [0.2, 0.25) is 0 Å². The third kappa shape index (κ3) is 3.47. The zero-order valence-corrected chi connectivity index (χ0v) is 11.3. The Labute approximate surface area is 119 Å². The van der Waals surface area contributed by atoms with Gasteiger partial charge in [0.15, 0.2) is 0 Å². The van der Waals surface area contributed by atoms with E-state index in [0.717, 1.165) is 11.3 Å². The third-order valence-electron chi connectivity index (χ3n) is 2.78. The zero-order chi connectivity index (χ0) is 14.2. The van der Waals surface area contributed by atoms with E-state index in [4.69, 9.17) is 10.00 Å². The van der Waals surface area contributed by atoms with Gasteiger partial charge < -0.3 is 10.1 Å². The lowest BCUT2D eigenvalue weighted by molar-refractivity contribution is 0.511. The van der Waals surface area contributed by atoms with Gasteiger partial charge in [-0.25, -0.2) is 0 Å². The number of hydrogen-bond donors (Lipinski definition) is 1. The molecule has 0 amide bonds. The summed E-state index contributed by atoms with van der Waals surface area (Å²) < 4.78 is 5.92. The maximum absolute atomic E-state index is 9.12. The standard InChI is InChI=1S/C17H16N2O/c1-19-12-11-17(14-7-3-2-4-8-14)20-16-10-6-5-9-15(16)13-18/h2-11,19H,12H2,1H3/b17-11+. The molecule has 0 radical (unpaired) electrons. The van der Waals surface area contributed by atoms with Gasteiger partial charge in [-0.2, -0.15) is 5.26 Å². The van der Waals surface area contributed by atoms with Crippen molar-refractivity contribution < 1.29 is 4.74 Å². The van der Waals surface area contributed by atoms with Gasteiger partial charge in [-0.1, -0.05) is 42.5 Å². The predicted octanol–water partition coefficient (Wildman–Crippen LogP) is 3.20. The molecule has 0 fully saturated rings. The molecule has 20 heavy (non-hydrogen) atoms. The van der Waals surface area contributed by atoms with E-state index < -0.39 is 0 Å². The third-order valence-corrected chi connectivity index (χ3v) is 2.78. The molecule has 0 saturated carbocycles. The monoisotopic (exact) mass is 264 g/mol. The lowest BCUT2D eigenvalue weighted by atomic mass is 10.1. The van der Waals surface area contributed by atoms with Crippen molar-refractivity contribution in [3.8, 4) is 11.8 Å². The van der Waals surface area contributed by atoms with E-state index in [1.54, 1.807) is 12.1 Å². The van der Waals surface area contributed by atoms with E-state index in [1.165, 1.54) is 0 Å². The second-order valence-corrected chi connectivity index (χ2v) is 4.20. The van der Waals surface area contributed by atoms with Crippen LogP contribution in [0.3, 0.4) is 0 Å². The van der Waals surface area contributed by atoms with Crippen LogP contribution in [0.1, 0.15) is 11.1 Å². The maximum Gasteiger partial charge on any atom is 0.145 e. The van der Waals surface area contributed by atoms with Crippen molar-refractivity contribution in [1.29, 1.82) is 5.26 Å². The highest BCUT2D eigenvalue weighted by Crippen LogP contribution is 2.24. The SMILES string of the molecule is CNC/C=C(/Oc1ccccc1C#N)c1ccccc1. The summed E-state index contributed by atoms with van der Waals surface area (Å²) in [7, 11) is 1.88. The highest BCUT2D eigenvalue weighted by Gasteiger charge is 2.07. The molecule has 0 aromatic heterocycles. The van der Waals surface area contributed by atoms with Crippen molar-refractivity contribution in [2.45, 2.75) is 0 Å². The minimum Gasteiger partial charge on any atom is -0.456 e. The smallest absolute Gasteiger partial charge is 0.145 e. The van der Waals surface area contributed by atoms with Crippen molar-refractivity contribution in [1.82, 2.24) is 5.32 Å². The maximum atomic E-state index is 9.12. The molecule has 1 N–H and O–H groups in total. The average Bonchev–Trinajstić information content (AvgIpc) is 2.52. The molecule has 0 spiro atoms. The topological polar surface area (TPSA) is 45.0 Å². The molecule has 3 nitrogen and oxygen atoms in total. The fourth-order valence-electron chi connectivity index (χ4n) is 1.78. The van der Waals surface area contributed by atoms with Crippen LogP contribution in [0.25, 0.3) is 5.76 Å². The van der Waals surface area contributed by atoms with Gasteiger partial charge in [0.1, 0.15) is 17.6 Å². The van der Waals surface area contributed by atoms with Gasteiger partial charge in [-0.15, -0.1) is 0 Å². The summed E-state index contributed by atoms with van der Waals surface area (Å²) in [6.07, 6.45) is 1.96. The van der Waals surface area contributed by atoms with Crippen molar-refractivity contribution in [3.63, 3.8) is 0 Å². The van der Waals surface area contributed by atoms with E-state index in [1.807, 2.05) is 55.6 Å². The average molecular weight is 264 g/mol. The minimum atomic E-state index is 0.527. The summed E-state index contributed by atoms with van der Waals surface area (Å²) in [6.45, 7) is 0.693. The number of likely N-dealkylation sites (N-methyl/N-ethyl adjacent to an activating group) is 1. The van der Waals surface area contributed by atoms with E-state index in [2.05, 4.69) is 11.4 Å². The van der Waals surface area contributed by atoms with Gasteiger partial charge in [-0.3, -0.25) is 0 Å². The van der Waals surface area contributed by atoms with E-state index in [0.29, 0.717) is 17.9 Å². The summed E-state index contributed by atoms with van der Waals surface area (Å²) in [5, 5.41) is 12.2. The van der Waals surface area contributed by atoms with Gasteiger partial charge in [0, 0.05) is 12.1 Å². The van der Waals surface area contributed by atoms with E-state index in [-0.39, 0.29) is 0 Å². The van der Waals surface area contributed by atoms with Gasteiger partial charge in [-0.05, 0) is 25.3 Å². The normalized spacial score (nSPS) is 10.9. The lowest BCUT2D eigenvalue weighted by Crippen LogP contribution is -2.07. The first kappa shape index (κ1) is 13.9. The highest BCUT2D eigenvalue weighted by molar-refractivity contribution is 5.63. The fourth-order valence-corrected chi connectivity index (χ4v) is 1.78. The van der Waals surface area contributed by atoms with Crippen LogP contribution in [-0.2, 0) is 0 Å². The van der Waals surface area contributed by atoms with E-state index >= 15 is 0 Å². The lowest BCUT2D eigenvalue weighted by Gasteiger charge is -2.11. The summed E-state index contributed by atoms with van der Waals surface area (Å²) in [4.78, 5) is 0. The molecule has 2 rings (SSSR count). The second kappa shape index (κ2) is 7.13. The number of ether oxygens (including phenoxy) is 1. The largest absolute Gasteiger partial charge is 0.456 e. The summed E-state index contributed by atoms with van der Waals surface area (Å²) in [5.74, 6) is 1.31. The number of hydrogen-bond acceptors (Lipinski definition) is 3. The Morgan fingerprint density at radius 1 is 1.15 bits per heavy atom. The summed E-state index contributed by atoms with van der Waals surface area (Å²) in [5.41, 5.74) is 1.51. The van der Waals surface area contributed by atoms with Crippen LogP contribution in [0.2, 0.25) is 0 Å². The van der Waals surface area contributed by atoms with Crippen LogP contribution in [-0.4, -0.2) is 13.6 Å². The fraction of sp³-hybridized carbons (Fsp3) is 0.118. The Kier molecular flexibility index (Phi) is 4.94. The summed E-state index contributed by atoms with van der Waals surface area (Å²) in [6, 6.07) is 19.2. The molecule has 0 aliphatic heterocycles. The Hall–Kier alpha value is -2.57. The first-order valence-electron chi connectivity index (χ1n) is 6.42. The van der Waals surface area contributed by atoms with Crippen LogP contribution in [0, 0.1) is 11.3 Å². The highest BCUT2D eigenvalue weighted by atomic mass is 16.5. The number of benzene rings is 2. The molecule has 2 aromatic carbocycles. The molecule has 0 aliphatic rings. The number of rotatable bonds is 5. The van der Waals surface area contributed by atoms with Crippen LogP contribution < -0.4 is 10.1 Å². The number of para-hydroxylation sites is 1. The molecule has 0 atom stereocenters. The Bertz CT molecular complexity index is 627. The van der Waals surface area contributed by atoms with Crippen molar-refractivity contribution >= 4 is 5.76 Å². The number of nitrogens with zero attached hydrogens (tertiary/aromatic N) is 1. The van der Waals surface area contributed by atoms with Crippen LogP contribution in [0.5, 0.6) is 5.75 Å². The van der Waals surface area contributed by atoms with Crippen LogP contribution in [0.4, 0.5) is 0 Å². The first-order chi connectivity index (χ1) is 9.85. The van der Waals surface area contributed by atoms with Gasteiger partial charge in [0.05, 0.1) is 5.56 Å². The van der Waals surface area contributed by atoms with Gasteiger partial charge in [0.25, 0.3) is 0 Å². The molecule has 0 saturated heterocycles. The molecular formula is C17H16N2O. The molecule has 0 heterocycles. The van der Waals surface area contributed by atoms with Crippen molar-refractivity contribution in [2.24, 2.45) is 0 Å². The molecule has 0 aliphatic carbocycles. The van der Waals surface area contributed by atoms with E-state index in [9.17, 15) is 0 Å². The zero-order valence-electron chi connectivity index (χ0n) is 11.3. The predicted molar refractivity (Wildman–Crippen MR) is 80.1 cm³/mol. The minimum absolute atomic E-state index is 0.527. The number of nitrogens with one attached hydrogen (secondary N) is 1. The molecule has 2 aromatic rings. The Morgan fingerprint density at radius 3 is 2.55 bits per heavy atom. The Morgan fingerprint density at radius 2 is 1.85 bits per heavy atom. The van der Waals surface area contributed by atoms with Crippen LogP contribution >= 0.6 is 0 Å². The van der Waals surface area contributed by atoms with Crippen LogP contribution in [0.15, 0.2) is 60.7 Å². The van der Waals surface area contributed by atoms with Gasteiger partial charge >= 0.3 is 0 Å². The molecule has 0 bridgehead atoms. The second-order valence-electron chi connectivity index (χ2n) is 4.20. The van der Waals surface area contributed by atoms with Crippen molar-refractivity contribution in [3.05, 3.63) is 71.8 Å². The molecule has 3 heteroatoms. The number of nitriles is 1. The first-order valence-corrected chi connectivity index (χ1v) is 6.42.